The molecule has 1 amide bonds. The van der Waals surface area contributed by atoms with Crippen LogP contribution in [0.4, 0.5) is 0 Å². The van der Waals surface area contributed by atoms with Crippen LogP contribution >= 0.6 is 0 Å². The van der Waals surface area contributed by atoms with Crippen LogP contribution in [0.5, 0.6) is 5.75 Å². The highest BCUT2D eigenvalue weighted by molar-refractivity contribution is 5.94. The average Bonchev–Trinajstić information content (AvgIpc) is 2.87. The van der Waals surface area contributed by atoms with Crippen LogP contribution in [0, 0.1) is 0 Å². The lowest BCUT2D eigenvalue weighted by Gasteiger charge is -2.29. The van der Waals surface area contributed by atoms with E-state index in [1.165, 1.54) is 12.5 Å². The second-order valence-electron chi connectivity index (χ2n) is 5.39. The molecule has 1 fully saturated rings. The molecule has 1 aromatic rings. The Balaban J connectivity index is 2.11. The average molecular weight is 262 g/mol. The third-order valence-corrected chi connectivity index (χ3v) is 3.56. The second-order valence-corrected chi connectivity index (χ2v) is 5.39. The smallest absolute Gasteiger partial charge is 0.254 e. The van der Waals surface area contributed by atoms with Crippen LogP contribution in [0.15, 0.2) is 24.3 Å². The van der Waals surface area contributed by atoms with Crippen molar-refractivity contribution in [2.24, 2.45) is 0 Å². The van der Waals surface area contributed by atoms with Gasteiger partial charge in [0.2, 0.25) is 0 Å². The first kappa shape index (κ1) is 13.9. The summed E-state index contributed by atoms with van der Waals surface area (Å²) in [4.78, 5) is 14.4. The largest absolute Gasteiger partial charge is 0.508 e. The van der Waals surface area contributed by atoms with Gasteiger partial charge in [-0.1, -0.05) is 6.07 Å². The lowest BCUT2D eigenvalue weighted by atomic mass is 10.1. The van der Waals surface area contributed by atoms with Crippen LogP contribution in [0.2, 0.25) is 0 Å². The number of nitrogens with one attached hydrogen (secondary N) is 1. The van der Waals surface area contributed by atoms with Crippen molar-refractivity contribution < 1.29 is 9.90 Å². The predicted molar refractivity (Wildman–Crippen MR) is 75.3 cm³/mol. The molecule has 0 bridgehead atoms. The molecule has 1 saturated heterocycles. The molecule has 4 heteroatoms. The molecule has 0 aliphatic carbocycles. The minimum Gasteiger partial charge on any atom is -0.508 e. The van der Waals surface area contributed by atoms with Crippen LogP contribution in [-0.4, -0.2) is 41.1 Å². The van der Waals surface area contributed by atoms with Crippen LogP contribution in [-0.2, 0) is 0 Å². The molecular weight excluding hydrogens is 240 g/mol. The topological polar surface area (TPSA) is 52.6 Å². The maximum Gasteiger partial charge on any atom is 0.254 e. The molecule has 1 aromatic carbocycles. The second kappa shape index (κ2) is 6.06. The van der Waals surface area contributed by atoms with Gasteiger partial charge >= 0.3 is 0 Å². The molecule has 2 rings (SSSR count). The predicted octanol–water partition coefficient (Wildman–Crippen LogP) is 1.99. The fourth-order valence-corrected chi connectivity index (χ4v) is 2.48. The maximum atomic E-state index is 12.5. The number of carbonyl (C=O) groups excluding carboxylic acids is 1. The lowest BCUT2D eigenvalue weighted by molar-refractivity contribution is 0.0688. The van der Waals surface area contributed by atoms with Crippen molar-refractivity contribution in [2.75, 3.05) is 13.1 Å². The zero-order valence-electron chi connectivity index (χ0n) is 11.6. The zero-order chi connectivity index (χ0) is 13.8. The first-order valence-corrected chi connectivity index (χ1v) is 6.91. The van der Waals surface area contributed by atoms with Crippen molar-refractivity contribution >= 4 is 5.91 Å². The number of phenolic OH excluding ortho intramolecular Hbond substituents is 1. The standard InChI is InChI=1S/C15H22N2O2/c1-11(2)17(10-13-6-4-8-16-13)15(19)12-5-3-7-14(18)9-12/h3,5,7,9,11,13,16,18H,4,6,8,10H2,1-2H3. The Morgan fingerprint density at radius 2 is 2.32 bits per heavy atom. The molecule has 0 spiro atoms. The Bertz CT molecular complexity index is 440. The van der Waals surface area contributed by atoms with Crippen molar-refractivity contribution in [1.82, 2.24) is 10.2 Å². The van der Waals surface area contributed by atoms with Crippen molar-refractivity contribution in [1.29, 1.82) is 0 Å². The number of carbonyl (C=O) groups is 1. The van der Waals surface area contributed by atoms with Crippen LogP contribution in [0.1, 0.15) is 37.0 Å². The van der Waals surface area contributed by atoms with E-state index in [4.69, 9.17) is 0 Å². The molecule has 0 aromatic heterocycles. The highest BCUT2D eigenvalue weighted by atomic mass is 16.3. The van der Waals surface area contributed by atoms with E-state index in [1.807, 2.05) is 18.7 Å². The summed E-state index contributed by atoms with van der Waals surface area (Å²) in [5.41, 5.74) is 0.548. The van der Waals surface area contributed by atoms with Gasteiger partial charge in [0.05, 0.1) is 0 Å². The molecule has 1 heterocycles. The molecule has 1 aliphatic rings. The Kier molecular flexibility index (Phi) is 4.43. The summed E-state index contributed by atoms with van der Waals surface area (Å²) >= 11 is 0. The minimum atomic E-state index is -0.0143. The summed E-state index contributed by atoms with van der Waals surface area (Å²) in [6.45, 7) is 5.81. The lowest BCUT2D eigenvalue weighted by Crippen LogP contribution is -2.44. The van der Waals surface area contributed by atoms with E-state index in [-0.39, 0.29) is 17.7 Å². The first-order chi connectivity index (χ1) is 9.08. The molecule has 19 heavy (non-hydrogen) atoms. The number of hydrogen-bond acceptors (Lipinski definition) is 3. The summed E-state index contributed by atoms with van der Waals surface area (Å²) < 4.78 is 0. The molecule has 2 N–H and O–H groups in total. The van der Waals surface area contributed by atoms with Gasteiger partial charge in [-0.2, -0.15) is 0 Å². The maximum absolute atomic E-state index is 12.5. The number of aromatic hydroxyl groups is 1. The Hall–Kier alpha value is -1.55. The summed E-state index contributed by atoms with van der Waals surface area (Å²) in [5.74, 6) is 0.119. The summed E-state index contributed by atoms with van der Waals surface area (Å²) in [6.07, 6.45) is 2.30. The van der Waals surface area contributed by atoms with Crippen molar-refractivity contribution in [2.45, 2.75) is 38.8 Å². The monoisotopic (exact) mass is 262 g/mol. The zero-order valence-corrected chi connectivity index (χ0v) is 11.6. The van der Waals surface area contributed by atoms with Crippen LogP contribution in [0.3, 0.4) is 0 Å². The van der Waals surface area contributed by atoms with Gasteiger partial charge in [0, 0.05) is 24.2 Å². The number of phenols is 1. The number of nitrogens with zero attached hydrogens (tertiary/aromatic N) is 1. The van der Waals surface area contributed by atoms with Gasteiger partial charge in [-0.3, -0.25) is 4.79 Å². The van der Waals surface area contributed by atoms with Crippen molar-refractivity contribution in [3.63, 3.8) is 0 Å². The van der Waals surface area contributed by atoms with Gasteiger partial charge in [-0.15, -0.1) is 0 Å². The fraction of sp³-hybridized carbons (Fsp3) is 0.533. The normalized spacial score (nSPS) is 18.8. The van der Waals surface area contributed by atoms with E-state index < -0.39 is 0 Å². The van der Waals surface area contributed by atoms with Crippen molar-refractivity contribution in [3.05, 3.63) is 29.8 Å². The van der Waals surface area contributed by atoms with E-state index in [9.17, 15) is 9.90 Å². The summed E-state index contributed by atoms with van der Waals surface area (Å²) in [5, 5.41) is 12.9. The summed E-state index contributed by atoms with van der Waals surface area (Å²) in [7, 11) is 0. The van der Waals surface area contributed by atoms with Gasteiger partial charge in [-0.05, 0) is 51.4 Å². The van der Waals surface area contributed by atoms with Gasteiger partial charge in [0.1, 0.15) is 5.75 Å². The van der Waals surface area contributed by atoms with Crippen LogP contribution in [0.25, 0.3) is 0 Å². The van der Waals surface area contributed by atoms with Crippen LogP contribution < -0.4 is 5.32 Å². The molecule has 4 nitrogen and oxygen atoms in total. The molecule has 1 atom stereocenters. The number of benzene rings is 1. The highest BCUT2D eigenvalue weighted by Gasteiger charge is 2.24. The van der Waals surface area contributed by atoms with E-state index in [0.717, 1.165) is 19.5 Å². The van der Waals surface area contributed by atoms with E-state index in [0.29, 0.717) is 11.6 Å². The fourth-order valence-electron chi connectivity index (χ4n) is 2.48. The molecule has 0 saturated carbocycles. The quantitative estimate of drug-likeness (QED) is 0.872. The third kappa shape index (κ3) is 3.47. The molecule has 0 radical (unpaired) electrons. The highest BCUT2D eigenvalue weighted by Crippen LogP contribution is 2.16. The van der Waals surface area contributed by atoms with Gasteiger partial charge in [-0.25, -0.2) is 0 Å². The Labute approximate surface area is 114 Å². The Morgan fingerprint density at radius 1 is 1.53 bits per heavy atom. The Morgan fingerprint density at radius 3 is 2.89 bits per heavy atom. The van der Waals surface area contributed by atoms with E-state index in [2.05, 4.69) is 5.32 Å². The van der Waals surface area contributed by atoms with Gasteiger partial charge < -0.3 is 15.3 Å². The number of amides is 1. The number of hydrogen-bond donors (Lipinski definition) is 2. The molecular formula is C15H22N2O2. The van der Waals surface area contributed by atoms with E-state index in [1.54, 1.807) is 18.2 Å². The summed E-state index contributed by atoms with van der Waals surface area (Å²) in [6, 6.07) is 7.10. The minimum absolute atomic E-state index is 0.0143. The molecule has 104 valence electrons. The third-order valence-electron chi connectivity index (χ3n) is 3.56. The van der Waals surface area contributed by atoms with Gasteiger partial charge in [0.15, 0.2) is 0 Å². The van der Waals surface area contributed by atoms with Crippen molar-refractivity contribution in [3.8, 4) is 5.75 Å². The molecule has 1 aliphatic heterocycles. The van der Waals surface area contributed by atoms with Gasteiger partial charge in [0.25, 0.3) is 5.91 Å². The molecule has 1 unspecified atom stereocenters. The first-order valence-electron chi connectivity index (χ1n) is 6.91. The SMILES string of the molecule is CC(C)N(CC1CCCN1)C(=O)c1cccc(O)c1. The van der Waals surface area contributed by atoms with E-state index >= 15 is 0 Å². The number of rotatable bonds is 4.